The molecule has 0 aliphatic carbocycles. The van der Waals surface area contributed by atoms with Gasteiger partial charge >= 0.3 is 0 Å². The van der Waals surface area contributed by atoms with Crippen molar-refractivity contribution in [2.45, 2.75) is 12.8 Å². The molecule has 1 aliphatic heterocycles. The van der Waals surface area contributed by atoms with Gasteiger partial charge in [-0.15, -0.1) is 24.8 Å². The first-order valence-corrected chi connectivity index (χ1v) is 4.71. The Hall–Kier alpha value is -0.510. The lowest BCUT2D eigenvalue weighted by Crippen LogP contribution is -2.24. The second-order valence-electron chi connectivity index (χ2n) is 3.27. The summed E-state index contributed by atoms with van der Waals surface area (Å²) in [5, 5.41) is 0. The van der Waals surface area contributed by atoms with E-state index in [2.05, 4.69) is 9.88 Å². The highest BCUT2D eigenvalue weighted by atomic mass is 35.5. The lowest BCUT2D eigenvalue weighted by Gasteiger charge is -2.14. The van der Waals surface area contributed by atoms with Crippen molar-refractivity contribution < 1.29 is 4.74 Å². The van der Waals surface area contributed by atoms with Gasteiger partial charge in [0.25, 0.3) is 0 Å². The van der Waals surface area contributed by atoms with Crippen LogP contribution in [0.2, 0.25) is 0 Å². The number of hydrogen-bond donors (Lipinski definition) is 0. The van der Waals surface area contributed by atoms with Crippen LogP contribution < -0.4 is 4.74 Å². The summed E-state index contributed by atoms with van der Waals surface area (Å²) in [6.07, 6.45) is 4.34. The third-order valence-corrected chi connectivity index (χ3v) is 2.23. The average molecular weight is 251 g/mol. The summed E-state index contributed by atoms with van der Waals surface area (Å²) in [5.41, 5.74) is 0. The van der Waals surface area contributed by atoms with Gasteiger partial charge < -0.3 is 4.74 Å². The van der Waals surface area contributed by atoms with E-state index in [1.807, 2.05) is 18.2 Å². The molecule has 86 valence electrons. The Balaban J connectivity index is 0.000000980. The quantitative estimate of drug-likeness (QED) is 0.824. The fourth-order valence-electron chi connectivity index (χ4n) is 1.50. The minimum Gasteiger partial charge on any atom is -0.461 e. The first-order chi connectivity index (χ1) is 6.45. The molecule has 0 amide bonds. The predicted molar refractivity (Wildman–Crippen MR) is 65.0 cm³/mol. The number of halogens is 2. The lowest BCUT2D eigenvalue weighted by molar-refractivity contribution is 0.147. The van der Waals surface area contributed by atoms with E-state index in [1.165, 1.54) is 12.8 Å². The van der Waals surface area contributed by atoms with Crippen LogP contribution in [0.5, 0.6) is 5.88 Å². The molecule has 1 aliphatic rings. The molecule has 1 saturated heterocycles. The summed E-state index contributed by atoms with van der Waals surface area (Å²) >= 11 is 0. The SMILES string of the molecule is Cl.Cl.c1ccc(OCN2CCCC2)nc1. The largest absolute Gasteiger partial charge is 0.461 e. The van der Waals surface area contributed by atoms with Crippen LogP contribution in [0.1, 0.15) is 12.8 Å². The van der Waals surface area contributed by atoms with E-state index >= 15 is 0 Å². The third kappa shape index (κ3) is 4.69. The van der Waals surface area contributed by atoms with E-state index in [0.717, 1.165) is 19.0 Å². The normalized spacial score (nSPS) is 15.2. The van der Waals surface area contributed by atoms with Gasteiger partial charge in [0.1, 0.15) is 6.73 Å². The molecule has 1 fully saturated rings. The van der Waals surface area contributed by atoms with Gasteiger partial charge in [0.05, 0.1) is 0 Å². The Morgan fingerprint density at radius 2 is 1.93 bits per heavy atom. The highest BCUT2D eigenvalue weighted by molar-refractivity contribution is 5.85. The molecule has 0 atom stereocenters. The Kier molecular flexibility index (Phi) is 7.48. The van der Waals surface area contributed by atoms with Gasteiger partial charge in [-0.1, -0.05) is 6.07 Å². The summed E-state index contributed by atoms with van der Waals surface area (Å²) in [6.45, 7) is 3.00. The van der Waals surface area contributed by atoms with E-state index in [4.69, 9.17) is 4.74 Å². The summed E-state index contributed by atoms with van der Waals surface area (Å²) in [4.78, 5) is 6.39. The van der Waals surface area contributed by atoms with Crippen LogP contribution in [-0.2, 0) is 0 Å². The highest BCUT2D eigenvalue weighted by Gasteiger charge is 2.11. The fraction of sp³-hybridized carbons (Fsp3) is 0.500. The summed E-state index contributed by atoms with van der Waals surface area (Å²) in [6, 6.07) is 5.71. The van der Waals surface area contributed by atoms with E-state index in [-0.39, 0.29) is 24.8 Å². The molecule has 0 saturated carbocycles. The van der Waals surface area contributed by atoms with Gasteiger partial charge in [-0.05, 0) is 18.9 Å². The minimum atomic E-state index is 0. The van der Waals surface area contributed by atoms with Gasteiger partial charge in [-0.25, -0.2) is 4.98 Å². The number of hydrogen-bond acceptors (Lipinski definition) is 3. The lowest BCUT2D eigenvalue weighted by atomic mass is 10.4. The zero-order valence-corrected chi connectivity index (χ0v) is 10.1. The number of ether oxygens (including phenoxy) is 1. The molecule has 0 spiro atoms. The summed E-state index contributed by atoms with van der Waals surface area (Å²) in [5.74, 6) is 0.717. The minimum absolute atomic E-state index is 0. The van der Waals surface area contributed by atoms with Crippen LogP contribution in [0.4, 0.5) is 0 Å². The van der Waals surface area contributed by atoms with E-state index in [0.29, 0.717) is 6.73 Å². The molecule has 0 unspecified atom stereocenters. The second kappa shape index (κ2) is 7.74. The van der Waals surface area contributed by atoms with Crippen molar-refractivity contribution in [2.24, 2.45) is 0 Å². The molecular weight excluding hydrogens is 235 g/mol. The van der Waals surface area contributed by atoms with Crippen molar-refractivity contribution in [2.75, 3.05) is 19.8 Å². The van der Waals surface area contributed by atoms with Crippen molar-refractivity contribution >= 4 is 24.8 Å². The number of pyridine rings is 1. The molecule has 0 N–H and O–H groups in total. The zero-order chi connectivity index (χ0) is 8.93. The monoisotopic (exact) mass is 250 g/mol. The van der Waals surface area contributed by atoms with Crippen molar-refractivity contribution in [3.8, 4) is 5.88 Å². The molecule has 15 heavy (non-hydrogen) atoms. The molecule has 3 nitrogen and oxygen atoms in total. The highest BCUT2D eigenvalue weighted by Crippen LogP contribution is 2.09. The molecule has 1 aromatic rings. The first kappa shape index (κ1) is 14.5. The topological polar surface area (TPSA) is 25.4 Å². The van der Waals surface area contributed by atoms with Crippen molar-refractivity contribution in [1.29, 1.82) is 0 Å². The van der Waals surface area contributed by atoms with Gasteiger partial charge in [0.2, 0.25) is 5.88 Å². The Morgan fingerprint density at radius 1 is 1.20 bits per heavy atom. The van der Waals surface area contributed by atoms with E-state index in [9.17, 15) is 0 Å². The van der Waals surface area contributed by atoms with Crippen LogP contribution in [-0.4, -0.2) is 29.7 Å². The standard InChI is InChI=1S/C10H14N2O.2ClH/c1-2-6-11-10(5-1)13-9-12-7-3-4-8-12;;/h1-2,5-6H,3-4,7-9H2;2*1H. The third-order valence-electron chi connectivity index (χ3n) is 2.23. The maximum absolute atomic E-state index is 5.50. The molecular formula is C10H16Cl2N2O. The summed E-state index contributed by atoms with van der Waals surface area (Å²) in [7, 11) is 0. The van der Waals surface area contributed by atoms with Gasteiger partial charge in [0.15, 0.2) is 0 Å². The number of aromatic nitrogens is 1. The molecule has 0 radical (unpaired) electrons. The molecule has 0 aromatic carbocycles. The van der Waals surface area contributed by atoms with Gasteiger partial charge in [-0.3, -0.25) is 4.90 Å². The van der Waals surface area contributed by atoms with Crippen molar-refractivity contribution in [1.82, 2.24) is 9.88 Å². The Bertz CT molecular complexity index is 253. The molecule has 5 heteroatoms. The summed E-state index contributed by atoms with van der Waals surface area (Å²) < 4.78 is 5.50. The molecule has 0 bridgehead atoms. The van der Waals surface area contributed by atoms with E-state index < -0.39 is 0 Å². The van der Waals surface area contributed by atoms with Crippen LogP contribution in [0.25, 0.3) is 0 Å². The van der Waals surface area contributed by atoms with Crippen LogP contribution in [0.15, 0.2) is 24.4 Å². The molecule has 2 rings (SSSR count). The number of likely N-dealkylation sites (tertiary alicyclic amines) is 1. The Labute approximate surface area is 103 Å². The number of nitrogens with zero attached hydrogens (tertiary/aromatic N) is 2. The van der Waals surface area contributed by atoms with Crippen LogP contribution >= 0.6 is 24.8 Å². The number of rotatable bonds is 3. The van der Waals surface area contributed by atoms with Crippen molar-refractivity contribution in [3.05, 3.63) is 24.4 Å². The maximum atomic E-state index is 5.50. The smallest absolute Gasteiger partial charge is 0.214 e. The van der Waals surface area contributed by atoms with Crippen LogP contribution in [0.3, 0.4) is 0 Å². The van der Waals surface area contributed by atoms with Gasteiger partial charge in [-0.2, -0.15) is 0 Å². The van der Waals surface area contributed by atoms with Gasteiger partial charge in [0, 0.05) is 25.4 Å². The zero-order valence-electron chi connectivity index (χ0n) is 8.46. The molecule has 1 aromatic heterocycles. The maximum Gasteiger partial charge on any atom is 0.214 e. The average Bonchev–Trinajstić information content (AvgIpc) is 2.69. The van der Waals surface area contributed by atoms with E-state index in [1.54, 1.807) is 6.20 Å². The molecule has 2 heterocycles. The predicted octanol–water partition coefficient (Wildman–Crippen LogP) is 2.36. The van der Waals surface area contributed by atoms with Crippen molar-refractivity contribution in [3.63, 3.8) is 0 Å². The first-order valence-electron chi connectivity index (χ1n) is 4.71. The fourth-order valence-corrected chi connectivity index (χ4v) is 1.50. The van der Waals surface area contributed by atoms with Crippen LogP contribution in [0, 0.1) is 0 Å². The Morgan fingerprint density at radius 3 is 2.53 bits per heavy atom. The second-order valence-corrected chi connectivity index (χ2v) is 3.27.